The van der Waals surface area contributed by atoms with E-state index in [2.05, 4.69) is 71.7 Å². The standard InChI is InChI=1S/C51H30FN3O2/c52-38-19-15-31(16-20-38)45-29-46(40-10-2-1-9-39(40)34-8-7-23-53-30-34)55-51(54-45)37-25-35(32-17-21-49-43(27-32)41-11-3-5-13-47(41)56-49)24-36(26-37)33-18-22-50-44(28-33)42-12-4-6-14-48(42)57-50/h1-30H. The van der Waals surface area contributed by atoms with Gasteiger partial charge in [-0.2, -0.15) is 0 Å². The Balaban J connectivity index is 1.15. The summed E-state index contributed by atoms with van der Waals surface area (Å²) < 4.78 is 26.6. The fourth-order valence-electron chi connectivity index (χ4n) is 7.86. The topological polar surface area (TPSA) is 65.0 Å². The number of furan rings is 2. The summed E-state index contributed by atoms with van der Waals surface area (Å²) in [6.45, 7) is 0. The number of nitrogens with zero attached hydrogens (tertiary/aromatic N) is 3. The summed E-state index contributed by atoms with van der Waals surface area (Å²) in [5, 5.41) is 4.22. The van der Waals surface area contributed by atoms with Crippen LogP contribution in [-0.4, -0.2) is 15.0 Å². The molecule has 0 saturated carbocycles. The normalized spacial score (nSPS) is 11.6. The number of rotatable bonds is 6. The maximum atomic E-state index is 14.2. The van der Waals surface area contributed by atoms with Crippen LogP contribution < -0.4 is 0 Å². The number of halogens is 1. The molecule has 0 saturated heterocycles. The molecule has 0 fully saturated rings. The van der Waals surface area contributed by atoms with Crippen LogP contribution in [-0.2, 0) is 0 Å². The molecular formula is C51H30FN3O2. The van der Waals surface area contributed by atoms with Crippen LogP contribution in [0.25, 0.3) is 111 Å². The van der Waals surface area contributed by atoms with Crippen LogP contribution >= 0.6 is 0 Å². The van der Waals surface area contributed by atoms with E-state index in [1.807, 2.05) is 85.1 Å². The second-order valence-electron chi connectivity index (χ2n) is 14.2. The zero-order valence-corrected chi connectivity index (χ0v) is 30.4. The molecule has 0 radical (unpaired) electrons. The van der Waals surface area contributed by atoms with Gasteiger partial charge in [-0.15, -0.1) is 0 Å². The summed E-state index contributed by atoms with van der Waals surface area (Å²) in [4.78, 5) is 14.9. The Morgan fingerprint density at radius 3 is 1.54 bits per heavy atom. The number of pyridine rings is 1. The molecule has 4 aromatic heterocycles. The minimum atomic E-state index is -0.308. The van der Waals surface area contributed by atoms with E-state index in [-0.39, 0.29) is 5.82 Å². The smallest absolute Gasteiger partial charge is 0.160 e. The van der Waals surface area contributed by atoms with Gasteiger partial charge in [-0.05, 0) is 119 Å². The summed E-state index contributed by atoms with van der Waals surface area (Å²) in [6.07, 6.45) is 3.63. The van der Waals surface area contributed by atoms with E-state index in [9.17, 15) is 4.39 Å². The second kappa shape index (κ2) is 13.3. The first kappa shape index (κ1) is 32.7. The zero-order chi connectivity index (χ0) is 37.9. The van der Waals surface area contributed by atoms with E-state index in [1.54, 1.807) is 18.3 Å². The molecule has 5 nitrogen and oxygen atoms in total. The van der Waals surface area contributed by atoms with Gasteiger partial charge in [0.2, 0.25) is 0 Å². The van der Waals surface area contributed by atoms with Gasteiger partial charge in [-0.1, -0.05) is 78.9 Å². The maximum absolute atomic E-state index is 14.2. The van der Waals surface area contributed by atoms with Crippen LogP contribution in [0, 0.1) is 5.82 Å². The van der Waals surface area contributed by atoms with Crippen molar-refractivity contribution in [3.63, 3.8) is 0 Å². The summed E-state index contributed by atoms with van der Waals surface area (Å²) >= 11 is 0. The molecule has 57 heavy (non-hydrogen) atoms. The number of benzene rings is 7. The lowest BCUT2D eigenvalue weighted by atomic mass is 9.94. The molecule has 0 atom stereocenters. The van der Waals surface area contributed by atoms with Crippen LogP contribution in [0.2, 0.25) is 0 Å². The first-order chi connectivity index (χ1) is 28.1. The van der Waals surface area contributed by atoms with Crippen molar-refractivity contribution in [1.82, 2.24) is 15.0 Å². The van der Waals surface area contributed by atoms with Crippen molar-refractivity contribution in [3.8, 4) is 67.3 Å². The third-order valence-corrected chi connectivity index (χ3v) is 10.7. The predicted octanol–water partition coefficient (Wildman–Crippen LogP) is 13.8. The van der Waals surface area contributed by atoms with E-state index in [0.717, 1.165) is 99.6 Å². The van der Waals surface area contributed by atoms with Crippen LogP contribution in [0.3, 0.4) is 0 Å². The van der Waals surface area contributed by atoms with E-state index >= 15 is 0 Å². The summed E-state index contributed by atoms with van der Waals surface area (Å²) in [7, 11) is 0. The number of para-hydroxylation sites is 2. The molecule has 268 valence electrons. The van der Waals surface area contributed by atoms with Gasteiger partial charge in [0.1, 0.15) is 28.1 Å². The molecule has 0 N–H and O–H groups in total. The Labute approximate surface area is 326 Å². The van der Waals surface area contributed by atoms with Gasteiger partial charge in [0.05, 0.1) is 11.4 Å². The maximum Gasteiger partial charge on any atom is 0.160 e. The lowest BCUT2D eigenvalue weighted by Crippen LogP contribution is -1.98. The van der Waals surface area contributed by atoms with Gasteiger partial charge >= 0.3 is 0 Å². The molecule has 0 aliphatic rings. The minimum Gasteiger partial charge on any atom is -0.456 e. The Morgan fingerprint density at radius 2 is 0.912 bits per heavy atom. The second-order valence-corrected chi connectivity index (χ2v) is 14.2. The Kier molecular flexibility index (Phi) is 7.60. The highest BCUT2D eigenvalue weighted by molar-refractivity contribution is 6.07. The molecular weight excluding hydrogens is 706 g/mol. The van der Waals surface area contributed by atoms with Gasteiger partial charge in [0.15, 0.2) is 5.82 Å². The lowest BCUT2D eigenvalue weighted by molar-refractivity contribution is 0.628. The third-order valence-electron chi connectivity index (χ3n) is 10.7. The van der Waals surface area contributed by atoms with E-state index < -0.39 is 0 Å². The van der Waals surface area contributed by atoms with Crippen molar-refractivity contribution in [2.24, 2.45) is 0 Å². The van der Waals surface area contributed by atoms with Crippen molar-refractivity contribution >= 4 is 43.9 Å². The fraction of sp³-hybridized carbons (Fsp3) is 0. The van der Waals surface area contributed by atoms with Crippen LogP contribution in [0.1, 0.15) is 0 Å². The van der Waals surface area contributed by atoms with E-state index in [1.165, 1.54) is 12.1 Å². The molecule has 0 spiro atoms. The highest BCUT2D eigenvalue weighted by Crippen LogP contribution is 2.40. The first-order valence-electron chi connectivity index (χ1n) is 18.7. The number of aromatic nitrogens is 3. The number of hydrogen-bond acceptors (Lipinski definition) is 5. The van der Waals surface area contributed by atoms with Crippen molar-refractivity contribution in [3.05, 3.63) is 188 Å². The van der Waals surface area contributed by atoms with E-state index in [0.29, 0.717) is 11.5 Å². The fourth-order valence-corrected chi connectivity index (χ4v) is 7.86. The highest BCUT2D eigenvalue weighted by atomic mass is 19.1. The monoisotopic (exact) mass is 735 g/mol. The van der Waals surface area contributed by atoms with Crippen LogP contribution in [0.4, 0.5) is 4.39 Å². The largest absolute Gasteiger partial charge is 0.456 e. The summed E-state index contributed by atoms with van der Waals surface area (Å²) in [5.41, 5.74) is 13.4. The molecule has 11 rings (SSSR count). The molecule has 6 heteroatoms. The average molecular weight is 736 g/mol. The van der Waals surface area contributed by atoms with Crippen molar-refractivity contribution in [2.75, 3.05) is 0 Å². The molecule has 0 aliphatic heterocycles. The first-order valence-corrected chi connectivity index (χ1v) is 18.7. The van der Waals surface area contributed by atoms with E-state index in [4.69, 9.17) is 18.8 Å². The van der Waals surface area contributed by atoms with Crippen molar-refractivity contribution in [1.29, 1.82) is 0 Å². The number of fused-ring (bicyclic) bond motifs is 6. The molecule has 11 aromatic rings. The van der Waals surface area contributed by atoms with Gasteiger partial charge in [0.25, 0.3) is 0 Å². The van der Waals surface area contributed by atoms with Crippen molar-refractivity contribution < 1.29 is 13.2 Å². The molecule has 7 aromatic carbocycles. The van der Waals surface area contributed by atoms with Gasteiger partial charge < -0.3 is 8.83 Å². The summed E-state index contributed by atoms with van der Waals surface area (Å²) in [5.74, 6) is 0.234. The Bertz CT molecular complexity index is 3180. The highest BCUT2D eigenvalue weighted by Gasteiger charge is 2.18. The summed E-state index contributed by atoms with van der Waals surface area (Å²) in [6, 6.07) is 56.0. The third kappa shape index (κ3) is 5.83. The molecule has 0 amide bonds. The van der Waals surface area contributed by atoms with Crippen molar-refractivity contribution in [2.45, 2.75) is 0 Å². The van der Waals surface area contributed by atoms with Gasteiger partial charge in [0, 0.05) is 56.2 Å². The molecule has 0 bridgehead atoms. The Morgan fingerprint density at radius 1 is 0.368 bits per heavy atom. The molecule has 0 aliphatic carbocycles. The quantitative estimate of drug-likeness (QED) is 0.170. The van der Waals surface area contributed by atoms with Crippen LogP contribution in [0.15, 0.2) is 191 Å². The van der Waals surface area contributed by atoms with Gasteiger partial charge in [-0.3, -0.25) is 4.98 Å². The predicted molar refractivity (Wildman–Crippen MR) is 227 cm³/mol. The molecule has 0 unspecified atom stereocenters. The lowest BCUT2D eigenvalue weighted by Gasteiger charge is -2.15. The minimum absolute atomic E-state index is 0.308. The zero-order valence-electron chi connectivity index (χ0n) is 30.4. The van der Waals surface area contributed by atoms with Gasteiger partial charge in [-0.25, -0.2) is 14.4 Å². The SMILES string of the molecule is Fc1ccc(-c2cc(-c3ccccc3-c3cccnc3)nc(-c3cc(-c4ccc5oc6ccccc6c5c4)cc(-c4ccc5oc6ccccc6c5c4)c3)n2)cc1. The average Bonchev–Trinajstić information content (AvgIpc) is 3.84. The van der Waals surface area contributed by atoms with Crippen LogP contribution in [0.5, 0.6) is 0 Å². The number of hydrogen-bond donors (Lipinski definition) is 0. The Hall–Kier alpha value is -7.70. The molecule has 4 heterocycles.